The minimum atomic E-state index is -0.428. The molecular weight excluding hydrogens is 234 g/mol. The Kier molecular flexibility index (Phi) is 5.84. The molecule has 1 aromatic rings. The summed E-state index contributed by atoms with van der Waals surface area (Å²) in [5.74, 6) is 5.57. The van der Waals surface area contributed by atoms with Crippen molar-refractivity contribution in [2.45, 2.75) is 26.8 Å². The van der Waals surface area contributed by atoms with Gasteiger partial charge in [-0.15, -0.1) is 0 Å². The van der Waals surface area contributed by atoms with E-state index in [2.05, 4.69) is 11.8 Å². The number of amides is 1. The molecule has 6 heteroatoms. The zero-order valence-electron chi connectivity index (χ0n) is 10.9. The monoisotopic (exact) mass is 255 g/mol. The highest BCUT2D eigenvalue weighted by atomic mass is 16.4. The SMILES string of the molecule is CCN(CCCO)Cc1cc(C(=O)NN)oc1C. The van der Waals surface area contributed by atoms with E-state index in [-0.39, 0.29) is 12.4 Å². The van der Waals surface area contributed by atoms with Crippen LogP contribution in [0.3, 0.4) is 0 Å². The van der Waals surface area contributed by atoms with Crippen molar-refractivity contribution in [1.29, 1.82) is 0 Å². The lowest BCUT2D eigenvalue weighted by Gasteiger charge is -2.19. The number of aliphatic hydroxyl groups excluding tert-OH is 1. The summed E-state index contributed by atoms with van der Waals surface area (Å²) in [6, 6.07) is 1.71. The highest BCUT2D eigenvalue weighted by molar-refractivity contribution is 5.91. The Morgan fingerprint density at radius 3 is 2.89 bits per heavy atom. The Balaban J connectivity index is 2.70. The molecule has 0 unspecified atom stereocenters. The summed E-state index contributed by atoms with van der Waals surface area (Å²) in [5, 5.41) is 8.83. The first-order valence-electron chi connectivity index (χ1n) is 6.05. The number of hydrogen-bond donors (Lipinski definition) is 3. The Morgan fingerprint density at radius 2 is 2.33 bits per heavy atom. The number of carbonyl (C=O) groups is 1. The highest BCUT2D eigenvalue weighted by Crippen LogP contribution is 2.16. The van der Waals surface area contributed by atoms with Gasteiger partial charge >= 0.3 is 5.91 Å². The molecule has 6 nitrogen and oxygen atoms in total. The first kappa shape index (κ1) is 14.7. The normalized spacial score (nSPS) is 10.9. The van der Waals surface area contributed by atoms with Gasteiger partial charge in [0.25, 0.3) is 0 Å². The van der Waals surface area contributed by atoms with Crippen LogP contribution in [0.15, 0.2) is 10.5 Å². The molecule has 102 valence electrons. The average molecular weight is 255 g/mol. The van der Waals surface area contributed by atoms with E-state index in [0.717, 1.165) is 30.8 Å². The predicted octanol–water partition coefficient (Wildman–Crippen LogP) is 0.396. The first-order chi connectivity index (χ1) is 8.62. The van der Waals surface area contributed by atoms with Gasteiger partial charge in [0.05, 0.1) is 0 Å². The molecule has 18 heavy (non-hydrogen) atoms. The number of aliphatic hydroxyl groups is 1. The summed E-state index contributed by atoms with van der Waals surface area (Å²) < 4.78 is 5.35. The van der Waals surface area contributed by atoms with E-state index in [4.69, 9.17) is 15.4 Å². The van der Waals surface area contributed by atoms with E-state index < -0.39 is 5.91 Å². The van der Waals surface area contributed by atoms with Crippen molar-refractivity contribution in [1.82, 2.24) is 10.3 Å². The average Bonchev–Trinajstić information content (AvgIpc) is 2.74. The number of nitrogens with one attached hydrogen (secondary N) is 1. The molecule has 0 atom stereocenters. The zero-order valence-corrected chi connectivity index (χ0v) is 10.9. The van der Waals surface area contributed by atoms with Gasteiger partial charge in [0.1, 0.15) is 5.76 Å². The van der Waals surface area contributed by atoms with E-state index in [0.29, 0.717) is 6.54 Å². The van der Waals surface area contributed by atoms with Crippen molar-refractivity contribution in [3.05, 3.63) is 23.2 Å². The maximum absolute atomic E-state index is 11.3. The summed E-state index contributed by atoms with van der Waals surface area (Å²) in [6.45, 7) is 6.45. The predicted molar refractivity (Wildman–Crippen MR) is 67.8 cm³/mol. The summed E-state index contributed by atoms with van der Waals surface area (Å²) in [5.41, 5.74) is 3.01. The van der Waals surface area contributed by atoms with E-state index in [1.54, 1.807) is 6.07 Å². The lowest BCUT2D eigenvalue weighted by Crippen LogP contribution is -2.29. The van der Waals surface area contributed by atoms with Crippen LogP contribution in [-0.2, 0) is 6.54 Å². The molecule has 1 amide bonds. The first-order valence-corrected chi connectivity index (χ1v) is 6.05. The molecule has 4 N–H and O–H groups in total. The van der Waals surface area contributed by atoms with Gasteiger partial charge in [-0.1, -0.05) is 6.92 Å². The number of furan rings is 1. The minimum Gasteiger partial charge on any atom is -0.456 e. The van der Waals surface area contributed by atoms with Crippen LogP contribution in [0.2, 0.25) is 0 Å². The zero-order chi connectivity index (χ0) is 13.5. The second-order valence-electron chi connectivity index (χ2n) is 4.11. The van der Waals surface area contributed by atoms with E-state index in [1.165, 1.54) is 0 Å². The molecule has 0 fully saturated rings. The minimum absolute atomic E-state index is 0.182. The van der Waals surface area contributed by atoms with E-state index in [9.17, 15) is 4.79 Å². The van der Waals surface area contributed by atoms with Gasteiger partial charge in [-0.25, -0.2) is 5.84 Å². The third-order valence-corrected chi connectivity index (χ3v) is 2.85. The summed E-state index contributed by atoms with van der Waals surface area (Å²) in [6.07, 6.45) is 0.737. The van der Waals surface area contributed by atoms with Crippen LogP contribution in [0.5, 0.6) is 0 Å². The molecule has 0 bridgehead atoms. The molecule has 0 aliphatic carbocycles. The molecule has 0 spiro atoms. The fourth-order valence-corrected chi connectivity index (χ4v) is 1.74. The van der Waals surface area contributed by atoms with Crippen molar-refractivity contribution in [3.63, 3.8) is 0 Å². The third-order valence-electron chi connectivity index (χ3n) is 2.85. The fraction of sp³-hybridized carbons (Fsp3) is 0.583. The van der Waals surface area contributed by atoms with Gasteiger partial charge in [0.15, 0.2) is 5.76 Å². The Morgan fingerprint density at radius 1 is 1.61 bits per heavy atom. The molecule has 0 radical (unpaired) electrons. The highest BCUT2D eigenvalue weighted by Gasteiger charge is 2.15. The van der Waals surface area contributed by atoms with Crippen LogP contribution in [0.4, 0.5) is 0 Å². The molecule has 1 rings (SSSR count). The van der Waals surface area contributed by atoms with Crippen LogP contribution >= 0.6 is 0 Å². The van der Waals surface area contributed by atoms with Gasteiger partial charge in [-0.2, -0.15) is 0 Å². The largest absolute Gasteiger partial charge is 0.456 e. The van der Waals surface area contributed by atoms with Crippen LogP contribution < -0.4 is 11.3 Å². The van der Waals surface area contributed by atoms with Crippen molar-refractivity contribution in [2.24, 2.45) is 5.84 Å². The summed E-state index contributed by atoms with van der Waals surface area (Å²) >= 11 is 0. The molecular formula is C12H21N3O3. The maximum Gasteiger partial charge on any atom is 0.300 e. The number of aryl methyl sites for hydroxylation is 1. The lowest BCUT2D eigenvalue weighted by molar-refractivity contribution is 0.0924. The maximum atomic E-state index is 11.3. The Labute approximate surface area is 107 Å². The van der Waals surface area contributed by atoms with E-state index in [1.807, 2.05) is 12.3 Å². The van der Waals surface area contributed by atoms with Gasteiger partial charge < -0.3 is 9.52 Å². The van der Waals surface area contributed by atoms with Gasteiger partial charge in [-0.3, -0.25) is 15.1 Å². The van der Waals surface area contributed by atoms with Gasteiger partial charge in [0.2, 0.25) is 0 Å². The summed E-state index contributed by atoms with van der Waals surface area (Å²) in [4.78, 5) is 13.5. The second-order valence-corrected chi connectivity index (χ2v) is 4.11. The number of hydrazine groups is 1. The van der Waals surface area contributed by atoms with Crippen LogP contribution in [0.1, 0.15) is 35.2 Å². The number of nitrogen functional groups attached to an aromatic ring is 1. The molecule has 1 heterocycles. The van der Waals surface area contributed by atoms with E-state index >= 15 is 0 Å². The number of nitrogens with two attached hydrogens (primary N) is 1. The van der Waals surface area contributed by atoms with Crippen molar-refractivity contribution < 1.29 is 14.3 Å². The number of carbonyl (C=O) groups excluding carboxylic acids is 1. The lowest BCUT2D eigenvalue weighted by atomic mass is 10.2. The number of nitrogens with zero attached hydrogens (tertiary/aromatic N) is 1. The van der Waals surface area contributed by atoms with Crippen LogP contribution in [0.25, 0.3) is 0 Å². The molecule has 0 aliphatic rings. The number of rotatable bonds is 7. The third kappa shape index (κ3) is 3.83. The quantitative estimate of drug-likeness (QED) is 0.372. The Bertz CT molecular complexity index is 390. The molecule has 0 saturated carbocycles. The summed E-state index contributed by atoms with van der Waals surface area (Å²) in [7, 11) is 0. The standard InChI is InChI=1S/C12H21N3O3/c1-3-15(5-4-6-16)8-10-7-11(12(17)14-13)18-9(10)2/h7,16H,3-6,8,13H2,1-2H3,(H,14,17). The topological polar surface area (TPSA) is 91.7 Å². The van der Waals surface area contributed by atoms with Crippen molar-refractivity contribution >= 4 is 5.91 Å². The van der Waals surface area contributed by atoms with Crippen molar-refractivity contribution in [3.8, 4) is 0 Å². The molecule has 0 aliphatic heterocycles. The van der Waals surface area contributed by atoms with Gasteiger partial charge in [-0.05, 0) is 26.0 Å². The van der Waals surface area contributed by atoms with Gasteiger partial charge in [0, 0.05) is 25.3 Å². The fourth-order valence-electron chi connectivity index (χ4n) is 1.74. The number of hydrogen-bond acceptors (Lipinski definition) is 5. The Hall–Kier alpha value is -1.37. The second kappa shape index (κ2) is 7.15. The van der Waals surface area contributed by atoms with Crippen molar-refractivity contribution in [2.75, 3.05) is 19.7 Å². The molecule has 0 aromatic carbocycles. The van der Waals surface area contributed by atoms with Crippen LogP contribution in [-0.4, -0.2) is 35.6 Å². The molecule has 0 saturated heterocycles. The van der Waals surface area contributed by atoms with Crippen LogP contribution in [0, 0.1) is 6.92 Å². The smallest absolute Gasteiger partial charge is 0.300 e. The molecule has 1 aromatic heterocycles.